The molecule has 5 rings (SSSR count). The van der Waals surface area contributed by atoms with E-state index >= 15 is 0 Å². The van der Waals surface area contributed by atoms with Crippen LogP contribution in [0.25, 0.3) is 0 Å². The highest BCUT2D eigenvalue weighted by atomic mass is 16.4. The van der Waals surface area contributed by atoms with Crippen LogP contribution in [0, 0.1) is 18.8 Å². The highest BCUT2D eigenvalue weighted by molar-refractivity contribution is 5.96. The van der Waals surface area contributed by atoms with E-state index in [4.69, 9.17) is 4.42 Å². The minimum atomic E-state index is -0.451. The summed E-state index contributed by atoms with van der Waals surface area (Å²) < 4.78 is 6.24. The number of benzene rings is 1. The smallest absolute Gasteiger partial charge is 0.290 e. The van der Waals surface area contributed by atoms with Gasteiger partial charge in [-0.1, -0.05) is 59.1 Å². The summed E-state index contributed by atoms with van der Waals surface area (Å²) in [6.07, 6.45) is 8.50. The minimum Gasteiger partial charge on any atom is -0.456 e. The van der Waals surface area contributed by atoms with Crippen LogP contribution in [0.4, 0.5) is 0 Å². The molecule has 1 aliphatic heterocycles. The highest BCUT2D eigenvalue weighted by Crippen LogP contribution is 2.47. The molecule has 1 aromatic heterocycles. The summed E-state index contributed by atoms with van der Waals surface area (Å²) >= 11 is 0. The van der Waals surface area contributed by atoms with Crippen molar-refractivity contribution in [1.82, 2.24) is 10.2 Å². The molecule has 0 spiro atoms. The Kier molecular flexibility index (Phi) is 7.50. The van der Waals surface area contributed by atoms with Gasteiger partial charge in [-0.05, 0) is 110 Å². The van der Waals surface area contributed by atoms with Crippen LogP contribution in [0.5, 0.6) is 0 Å². The summed E-state index contributed by atoms with van der Waals surface area (Å²) in [5, 5.41) is 3.14. The molecule has 5 heteroatoms. The lowest BCUT2D eigenvalue weighted by molar-refractivity contribution is -0.130. The molecule has 2 aromatic rings. The van der Waals surface area contributed by atoms with Crippen LogP contribution in [0.3, 0.4) is 0 Å². The summed E-state index contributed by atoms with van der Waals surface area (Å²) in [7, 11) is 0. The van der Waals surface area contributed by atoms with Crippen LogP contribution in [-0.2, 0) is 22.0 Å². The van der Waals surface area contributed by atoms with E-state index < -0.39 is 6.04 Å². The topological polar surface area (TPSA) is 62.6 Å². The Morgan fingerprint density at radius 2 is 1.60 bits per heavy atom. The van der Waals surface area contributed by atoms with Gasteiger partial charge in [0, 0.05) is 18.5 Å². The number of carbonyl (C=O) groups is 2. The number of hydrogen-bond acceptors (Lipinski definition) is 3. The number of piperidine rings is 1. The van der Waals surface area contributed by atoms with Crippen LogP contribution >= 0.6 is 0 Å². The first-order valence-electron chi connectivity index (χ1n) is 15.5. The summed E-state index contributed by atoms with van der Waals surface area (Å²) in [6.45, 7) is 18.2. The lowest BCUT2D eigenvalue weighted by Gasteiger charge is -2.45. The highest BCUT2D eigenvalue weighted by Gasteiger charge is 2.43. The van der Waals surface area contributed by atoms with Crippen LogP contribution in [0.15, 0.2) is 28.7 Å². The average molecular weight is 547 g/mol. The number of fused-ring (bicyclic) bond motifs is 2. The molecule has 2 aliphatic carbocycles. The van der Waals surface area contributed by atoms with E-state index in [9.17, 15) is 9.59 Å². The maximum absolute atomic E-state index is 13.9. The number of nitrogens with one attached hydrogen (secondary N) is 1. The van der Waals surface area contributed by atoms with Crippen molar-refractivity contribution in [2.24, 2.45) is 11.8 Å². The quantitative estimate of drug-likeness (QED) is 0.433. The van der Waals surface area contributed by atoms with Gasteiger partial charge in [-0.2, -0.15) is 0 Å². The largest absolute Gasteiger partial charge is 0.456 e. The minimum absolute atomic E-state index is 0.0492. The molecule has 2 heterocycles. The fourth-order valence-corrected chi connectivity index (χ4v) is 7.43. The van der Waals surface area contributed by atoms with Gasteiger partial charge in [-0.15, -0.1) is 0 Å². The maximum atomic E-state index is 13.9. The fraction of sp³-hybridized carbons (Fsp3) is 0.657. The molecule has 1 saturated carbocycles. The van der Waals surface area contributed by atoms with Crippen molar-refractivity contribution in [2.45, 2.75) is 129 Å². The van der Waals surface area contributed by atoms with E-state index in [0.29, 0.717) is 30.6 Å². The van der Waals surface area contributed by atoms with Gasteiger partial charge in [0.2, 0.25) is 5.91 Å². The van der Waals surface area contributed by atoms with Crippen molar-refractivity contribution < 1.29 is 14.0 Å². The molecular formula is C35H50N2O3. The van der Waals surface area contributed by atoms with Gasteiger partial charge < -0.3 is 14.6 Å². The van der Waals surface area contributed by atoms with E-state index in [0.717, 1.165) is 25.0 Å². The van der Waals surface area contributed by atoms with Gasteiger partial charge in [-0.25, -0.2) is 0 Å². The normalized spacial score (nSPS) is 25.6. The second-order valence-electron chi connectivity index (χ2n) is 15.3. The molecule has 2 fully saturated rings. The second-order valence-corrected chi connectivity index (χ2v) is 15.3. The molecule has 218 valence electrons. The zero-order valence-corrected chi connectivity index (χ0v) is 26.1. The van der Waals surface area contributed by atoms with Crippen LogP contribution in [0.2, 0.25) is 0 Å². The Bertz CT molecular complexity index is 1280. The third-order valence-electron chi connectivity index (χ3n) is 10.0. The Hall–Kier alpha value is -2.56. The van der Waals surface area contributed by atoms with E-state index in [2.05, 4.69) is 52.1 Å². The molecule has 0 radical (unpaired) electrons. The van der Waals surface area contributed by atoms with Gasteiger partial charge in [-0.3, -0.25) is 9.59 Å². The molecule has 3 atom stereocenters. The van der Waals surface area contributed by atoms with Crippen molar-refractivity contribution in [3.8, 4) is 0 Å². The molecule has 1 unspecified atom stereocenters. The number of carbonyl (C=O) groups excluding carboxylic acids is 2. The van der Waals surface area contributed by atoms with Crippen molar-refractivity contribution in [3.63, 3.8) is 0 Å². The summed E-state index contributed by atoms with van der Waals surface area (Å²) in [6, 6.07) is 8.07. The maximum Gasteiger partial charge on any atom is 0.290 e. The Morgan fingerprint density at radius 3 is 2.25 bits per heavy atom. The van der Waals surface area contributed by atoms with E-state index in [1.807, 2.05) is 37.8 Å². The number of hydrogen-bond donors (Lipinski definition) is 1. The molecule has 2 amide bonds. The number of amides is 2. The molecular weight excluding hydrogens is 496 g/mol. The number of rotatable bonds is 4. The molecule has 1 aromatic carbocycles. The summed E-state index contributed by atoms with van der Waals surface area (Å²) in [4.78, 5) is 29.1. The Morgan fingerprint density at radius 1 is 0.975 bits per heavy atom. The third-order valence-corrected chi connectivity index (χ3v) is 10.0. The van der Waals surface area contributed by atoms with Gasteiger partial charge >= 0.3 is 0 Å². The number of nitrogens with zero attached hydrogens (tertiary/aromatic N) is 1. The van der Waals surface area contributed by atoms with E-state index in [1.54, 1.807) is 0 Å². The van der Waals surface area contributed by atoms with E-state index in [-0.39, 0.29) is 28.2 Å². The third kappa shape index (κ3) is 5.76. The predicted octanol–water partition coefficient (Wildman–Crippen LogP) is 7.46. The number of furan rings is 1. The van der Waals surface area contributed by atoms with Gasteiger partial charge in [0.25, 0.3) is 5.91 Å². The summed E-state index contributed by atoms with van der Waals surface area (Å²) in [5.41, 5.74) is 5.41. The number of likely N-dealkylation sites (tertiary alicyclic amines) is 1. The van der Waals surface area contributed by atoms with Crippen LogP contribution in [-0.4, -0.2) is 34.8 Å². The molecule has 3 aliphatic rings. The van der Waals surface area contributed by atoms with Gasteiger partial charge in [0.15, 0.2) is 5.76 Å². The monoisotopic (exact) mass is 546 g/mol. The summed E-state index contributed by atoms with van der Waals surface area (Å²) in [5.74, 6) is 1.91. The van der Waals surface area contributed by atoms with Crippen LogP contribution < -0.4 is 5.32 Å². The predicted molar refractivity (Wildman–Crippen MR) is 161 cm³/mol. The lowest BCUT2D eigenvalue weighted by atomic mass is 9.62. The van der Waals surface area contributed by atoms with Crippen molar-refractivity contribution in [1.29, 1.82) is 0 Å². The number of aryl methyl sites for hydroxylation is 1. The molecule has 0 bridgehead atoms. The average Bonchev–Trinajstić information content (AvgIpc) is 3.34. The molecule has 1 N–H and O–H groups in total. The first kappa shape index (κ1) is 29.0. The molecule has 5 nitrogen and oxygen atoms in total. The zero-order chi connectivity index (χ0) is 29.0. The lowest BCUT2D eigenvalue weighted by Crippen LogP contribution is -2.59. The zero-order valence-electron chi connectivity index (χ0n) is 26.1. The first-order chi connectivity index (χ1) is 18.6. The van der Waals surface area contributed by atoms with Gasteiger partial charge in [0.05, 0.1) is 0 Å². The standard InChI is InChI=1S/C35H50N2O3/c1-22-17-27-28(35(7,8)16-15-34(27,5)6)19-25(22)18-26-13-14-30(40-26)32(39)37-21-24-12-10-9-11-23(24)20-29(37)31(38)36-33(2,3)4/h13-14,17,19,23-24,29H,9-12,15-16,18,20-21H2,1-8H3,(H,36,38)/t23-,24+,29?/m0/s1. The van der Waals surface area contributed by atoms with Crippen molar-refractivity contribution in [3.05, 3.63) is 58.0 Å². The van der Waals surface area contributed by atoms with Crippen molar-refractivity contribution in [2.75, 3.05) is 6.54 Å². The van der Waals surface area contributed by atoms with Gasteiger partial charge in [0.1, 0.15) is 11.8 Å². The van der Waals surface area contributed by atoms with Crippen molar-refractivity contribution >= 4 is 11.8 Å². The fourth-order valence-electron chi connectivity index (χ4n) is 7.43. The Balaban J connectivity index is 1.39. The van der Waals surface area contributed by atoms with E-state index in [1.165, 1.54) is 47.9 Å². The second kappa shape index (κ2) is 10.4. The first-order valence-corrected chi connectivity index (χ1v) is 15.5. The Labute approximate surface area is 241 Å². The molecule has 40 heavy (non-hydrogen) atoms. The van der Waals surface area contributed by atoms with Crippen LogP contribution in [0.1, 0.15) is 132 Å². The SMILES string of the molecule is Cc1cc2c(cc1Cc1ccc(C(=O)N3C[C@H]4CCCC[C@H]4CC3C(=O)NC(C)(C)C)o1)C(C)(C)CCC2(C)C. The molecule has 1 saturated heterocycles.